The lowest BCUT2D eigenvalue weighted by Gasteiger charge is -2.49. The second-order valence-corrected chi connectivity index (χ2v) is 12.0. The van der Waals surface area contributed by atoms with E-state index in [-0.39, 0.29) is 40.2 Å². The number of carboxylic acid groups (broad SMARTS) is 2. The van der Waals surface area contributed by atoms with Crippen LogP contribution < -0.4 is 22.6 Å². The normalized spacial score (nSPS) is 22.2. The number of hydrogen-bond acceptors (Lipinski definition) is 15. The molecule has 0 saturated carbocycles. The van der Waals surface area contributed by atoms with Crippen molar-refractivity contribution < 1.29 is 34.2 Å². The monoisotopic (exact) mass is 625 g/mol. The van der Waals surface area contributed by atoms with Crippen LogP contribution in [0.15, 0.2) is 38.7 Å². The first kappa shape index (κ1) is 30.2. The van der Waals surface area contributed by atoms with Gasteiger partial charge in [-0.1, -0.05) is 23.8 Å². The van der Waals surface area contributed by atoms with Crippen molar-refractivity contribution in [3.05, 3.63) is 34.2 Å². The van der Waals surface area contributed by atoms with Crippen LogP contribution in [-0.4, -0.2) is 94.8 Å². The van der Waals surface area contributed by atoms with Gasteiger partial charge in [0.15, 0.2) is 16.0 Å². The Hall–Kier alpha value is -3.81. The fourth-order valence-corrected chi connectivity index (χ4v) is 6.74. The molecule has 1 aromatic rings. The summed E-state index contributed by atoms with van der Waals surface area (Å²) in [5.41, 5.74) is 9.66. The van der Waals surface area contributed by atoms with Crippen molar-refractivity contribution in [1.82, 2.24) is 20.2 Å². The number of oxime groups is 1. The summed E-state index contributed by atoms with van der Waals surface area (Å²) in [6.07, 6.45) is 1.68. The first-order valence-corrected chi connectivity index (χ1v) is 14.9. The molecule has 1 saturated heterocycles. The molecule has 1 aromatic heterocycles. The minimum Gasteiger partial charge on any atom is -0.478 e. The molecule has 16 nitrogen and oxygen atoms in total. The lowest BCUT2D eigenvalue weighted by Crippen LogP contribution is -2.71. The quantitative estimate of drug-likeness (QED) is 0.0831. The number of carboxylic acids is 2. The molecule has 4 heterocycles. The lowest BCUT2D eigenvalue weighted by atomic mass is 10.0. The Morgan fingerprint density at radius 3 is 2.68 bits per heavy atom. The van der Waals surface area contributed by atoms with Crippen molar-refractivity contribution in [2.75, 3.05) is 23.8 Å². The Kier molecular flexibility index (Phi) is 8.80. The van der Waals surface area contributed by atoms with Crippen molar-refractivity contribution in [1.29, 1.82) is 0 Å². The number of thiazole rings is 1. The second-order valence-electron chi connectivity index (χ2n) is 9.07. The number of aromatic nitrogens is 1. The highest BCUT2D eigenvalue weighted by atomic mass is 32.2. The molecule has 3 aliphatic rings. The van der Waals surface area contributed by atoms with Crippen molar-refractivity contribution in [2.45, 2.75) is 37.3 Å². The van der Waals surface area contributed by atoms with Crippen LogP contribution in [0.5, 0.6) is 0 Å². The molecule has 3 atom stereocenters. The molecule has 19 heteroatoms. The minimum atomic E-state index is -1.73. The number of hydrogen-bond donors (Lipinski definition) is 6. The van der Waals surface area contributed by atoms with Crippen LogP contribution >= 0.6 is 34.9 Å². The number of thioether (sulfide) groups is 2. The molecule has 2 unspecified atom stereocenters. The number of rotatable bonds is 10. The SMILES string of the molecule is CCC(C)(O/N=C(\C(=O)NC1C(=O)N2C(C(=O)O)=C(CSC3=NC(N)=CCN3N)CS[C@@H]12)c1csc(N)n1)C(=O)O. The minimum absolute atomic E-state index is 0.0225. The Bertz CT molecular complexity index is 1410. The van der Waals surface area contributed by atoms with E-state index < -0.39 is 40.8 Å². The van der Waals surface area contributed by atoms with E-state index in [2.05, 4.69) is 20.4 Å². The zero-order valence-electron chi connectivity index (χ0n) is 21.8. The van der Waals surface area contributed by atoms with Gasteiger partial charge < -0.3 is 31.8 Å². The predicted molar refractivity (Wildman–Crippen MR) is 153 cm³/mol. The van der Waals surface area contributed by atoms with Gasteiger partial charge in [-0.3, -0.25) is 19.5 Å². The summed E-state index contributed by atoms with van der Waals surface area (Å²) in [7, 11) is 0. The number of carbonyl (C=O) groups is 4. The zero-order chi connectivity index (χ0) is 30.1. The number of amides is 2. The number of nitrogens with zero attached hydrogens (tertiary/aromatic N) is 5. The number of carbonyl (C=O) groups excluding carboxylic acids is 2. The van der Waals surface area contributed by atoms with Gasteiger partial charge in [0.25, 0.3) is 11.8 Å². The molecule has 0 bridgehead atoms. The summed E-state index contributed by atoms with van der Waals surface area (Å²) in [6.45, 7) is 3.22. The molecular formula is C22H27N9O7S3. The number of fused-ring (bicyclic) bond motifs is 1. The smallest absolute Gasteiger partial charge is 0.352 e. The highest BCUT2D eigenvalue weighted by molar-refractivity contribution is 8.14. The molecule has 41 heavy (non-hydrogen) atoms. The maximum Gasteiger partial charge on any atom is 0.352 e. The summed E-state index contributed by atoms with van der Waals surface area (Å²) in [6, 6.07) is -1.08. The third-order valence-electron chi connectivity index (χ3n) is 6.32. The molecule has 4 rings (SSSR count). The van der Waals surface area contributed by atoms with Gasteiger partial charge in [0.2, 0.25) is 5.60 Å². The Morgan fingerprint density at radius 1 is 1.34 bits per heavy atom. The maximum atomic E-state index is 13.3. The fourth-order valence-electron chi connectivity index (χ4n) is 3.76. The highest BCUT2D eigenvalue weighted by Crippen LogP contribution is 2.41. The average Bonchev–Trinajstić information content (AvgIpc) is 3.36. The van der Waals surface area contributed by atoms with Gasteiger partial charge in [-0.25, -0.2) is 25.4 Å². The Balaban J connectivity index is 1.52. The predicted octanol–water partition coefficient (Wildman–Crippen LogP) is -0.483. The van der Waals surface area contributed by atoms with E-state index in [0.29, 0.717) is 23.1 Å². The molecule has 2 amide bonds. The van der Waals surface area contributed by atoms with Gasteiger partial charge in [-0.2, -0.15) is 0 Å². The van der Waals surface area contributed by atoms with Crippen molar-refractivity contribution >= 4 is 74.6 Å². The number of β-lactam (4-membered cyclic amide) rings is 1. The van der Waals surface area contributed by atoms with Gasteiger partial charge in [0, 0.05) is 16.9 Å². The number of nitrogen functional groups attached to an aromatic ring is 1. The van der Waals surface area contributed by atoms with E-state index in [1.54, 1.807) is 13.0 Å². The number of aliphatic imine (C=N–C) groups is 1. The molecule has 0 radical (unpaired) electrons. The summed E-state index contributed by atoms with van der Waals surface area (Å²) < 4.78 is 0. The van der Waals surface area contributed by atoms with Gasteiger partial charge in [0.1, 0.15) is 28.6 Å². The zero-order valence-corrected chi connectivity index (χ0v) is 24.2. The van der Waals surface area contributed by atoms with E-state index in [1.165, 1.54) is 40.8 Å². The number of amidine groups is 1. The van der Waals surface area contributed by atoms with E-state index in [0.717, 1.165) is 16.2 Å². The number of aliphatic carboxylic acids is 2. The van der Waals surface area contributed by atoms with E-state index in [1.807, 2.05) is 0 Å². The Labute approximate surface area is 245 Å². The van der Waals surface area contributed by atoms with E-state index in [9.17, 15) is 29.4 Å². The molecule has 3 aliphatic heterocycles. The average molecular weight is 626 g/mol. The van der Waals surface area contributed by atoms with Gasteiger partial charge in [0.05, 0.1) is 6.54 Å². The number of nitrogens with two attached hydrogens (primary N) is 3. The van der Waals surface area contributed by atoms with Gasteiger partial charge >= 0.3 is 11.9 Å². The number of hydrazine groups is 1. The summed E-state index contributed by atoms with van der Waals surface area (Å²) in [5.74, 6) is 2.58. The van der Waals surface area contributed by atoms with Gasteiger partial charge in [-0.15, -0.1) is 23.1 Å². The van der Waals surface area contributed by atoms with Crippen LogP contribution in [-0.2, 0) is 24.0 Å². The fraction of sp³-hybridized carbons (Fsp3) is 0.409. The molecule has 0 aliphatic carbocycles. The molecule has 0 aromatic carbocycles. The van der Waals surface area contributed by atoms with E-state index in [4.69, 9.17) is 22.1 Å². The first-order chi connectivity index (χ1) is 19.4. The van der Waals surface area contributed by atoms with Gasteiger partial charge in [-0.05, 0) is 25.0 Å². The third kappa shape index (κ3) is 6.11. The largest absolute Gasteiger partial charge is 0.478 e. The number of anilines is 1. The third-order valence-corrected chi connectivity index (χ3v) is 9.41. The molecular weight excluding hydrogens is 598 g/mol. The Morgan fingerprint density at radius 2 is 2.07 bits per heavy atom. The highest BCUT2D eigenvalue weighted by Gasteiger charge is 2.54. The van der Waals surface area contributed by atoms with E-state index >= 15 is 0 Å². The molecule has 9 N–H and O–H groups in total. The van der Waals surface area contributed by atoms with Crippen LogP contribution in [0.3, 0.4) is 0 Å². The molecule has 0 spiro atoms. The van der Waals surface area contributed by atoms with Crippen molar-refractivity contribution in [3.8, 4) is 0 Å². The number of nitrogens with one attached hydrogen (secondary N) is 1. The maximum absolute atomic E-state index is 13.3. The van der Waals surface area contributed by atoms with Crippen LogP contribution in [0.1, 0.15) is 26.0 Å². The van der Waals surface area contributed by atoms with Crippen LogP contribution in [0, 0.1) is 0 Å². The lowest BCUT2D eigenvalue weighted by molar-refractivity contribution is -0.164. The summed E-state index contributed by atoms with van der Waals surface area (Å²) in [4.78, 5) is 64.8. The van der Waals surface area contributed by atoms with Crippen LogP contribution in [0.25, 0.3) is 0 Å². The second kappa shape index (κ2) is 12.0. The summed E-state index contributed by atoms with van der Waals surface area (Å²) in [5, 5.41) is 28.4. The van der Waals surface area contributed by atoms with Crippen molar-refractivity contribution in [3.63, 3.8) is 0 Å². The molecule has 1 fully saturated rings. The summed E-state index contributed by atoms with van der Waals surface area (Å²) >= 11 is 3.49. The van der Waals surface area contributed by atoms with Crippen molar-refractivity contribution in [2.24, 2.45) is 21.7 Å². The topological polar surface area (TPSA) is 252 Å². The standard InChI is InChI=1S/C22H27N9O7S3/c1-3-22(2,19(36)37)38-29-12(10-8-40-20(24)26-10)15(32)28-13-16(33)31-14(18(34)35)9(6-39-17(13)31)7-41-21-27-11(23)4-5-30(21)25/h4,8,13,17H,3,5-7,23,25H2,1-2H3,(H2,24,26)(H,28,32)(H,34,35)(H,36,37)/b29-12-/t13?,17-,22?/m0/s1. The van der Waals surface area contributed by atoms with Crippen LogP contribution in [0.2, 0.25) is 0 Å². The van der Waals surface area contributed by atoms with Crippen LogP contribution in [0.4, 0.5) is 5.13 Å². The molecule has 220 valence electrons. The first-order valence-electron chi connectivity index (χ1n) is 12.0.